The van der Waals surface area contributed by atoms with E-state index in [9.17, 15) is 4.79 Å². The molecule has 31 heavy (non-hydrogen) atoms. The zero-order valence-corrected chi connectivity index (χ0v) is 18.2. The Morgan fingerprint density at radius 1 is 1.10 bits per heavy atom. The summed E-state index contributed by atoms with van der Waals surface area (Å²) in [4.78, 5) is 16.2. The van der Waals surface area contributed by atoms with E-state index in [0.717, 1.165) is 22.4 Å². The van der Waals surface area contributed by atoms with Crippen molar-refractivity contribution >= 4 is 35.2 Å². The van der Waals surface area contributed by atoms with Crippen LogP contribution in [0.5, 0.6) is 11.5 Å². The zero-order chi connectivity index (χ0) is 22.2. The number of benzene rings is 2. The fraction of sp³-hybridized carbons (Fsp3) is 0.130. The molecule has 0 aliphatic carbocycles. The molecular formula is C23H22N4O3S. The van der Waals surface area contributed by atoms with Crippen molar-refractivity contribution in [2.75, 3.05) is 12.4 Å². The molecule has 1 aromatic heterocycles. The number of hydrogen-bond donors (Lipinski definition) is 2. The Labute approximate surface area is 186 Å². The van der Waals surface area contributed by atoms with E-state index < -0.39 is 5.97 Å². The number of anilines is 1. The van der Waals surface area contributed by atoms with Crippen molar-refractivity contribution < 1.29 is 14.3 Å². The van der Waals surface area contributed by atoms with E-state index in [2.05, 4.69) is 20.8 Å². The lowest BCUT2D eigenvalue weighted by Gasteiger charge is -2.12. The van der Waals surface area contributed by atoms with Gasteiger partial charge >= 0.3 is 5.97 Å². The second-order valence-electron chi connectivity index (χ2n) is 6.63. The Morgan fingerprint density at radius 3 is 2.55 bits per heavy atom. The molecule has 3 rings (SSSR count). The Kier molecular flexibility index (Phi) is 7.29. The van der Waals surface area contributed by atoms with Gasteiger partial charge in [0.1, 0.15) is 0 Å². The predicted molar refractivity (Wildman–Crippen MR) is 125 cm³/mol. The molecule has 2 aromatic carbocycles. The van der Waals surface area contributed by atoms with Gasteiger partial charge in [0.05, 0.1) is 18.9 Å². The van der Waals surface area contributed by atoms with Crippen LogP contribution in [-0.2, 0) is 0 Å². The summed E-state index contributed by atoms with van der Waals surface area (Å²) < 4.78 is 10.8. The third kappa shape index (κ3) is 5.86. The first-order valence-electron chi connectivity index (χ1n) is 9.44. The molecule has 1 heterocycles. The van der Waals surface area contributed by atoms with E-state index in [-0.39, 0.29) is 0 Å². The number of aryl methyl sites for hydroxylation is 2. The summed E-state index contributed by atoms with van der Waals surface area (Å²) in [5.41, 5.74) is 7.02. The maximum Gasteiger partial charge on any atom is 0.345 e. The summed E-state index contributed by atoms with van der Waals surface area (Å²) in [6.45, 7) is 4.02. The highest BCUT2D eigenvalue weighted by Crippen LogP contribution is 2.28. The van der Waals surface area contributed by atoms with Gasteiger partial charge in [-0.1, -0.05) is 18.2 Å². The average molecular weight is 435 g/mol. The number of aromatic nitrogens is 1. The summed E-state index contributed by atoms with van der Waals surface area (Å²) in [6.07, 6.45) is 4.62. The largest absolute Gasteiger partial charge is 0.493 e. The lowest BCUT2D eigenvalue weighted by molar-refractivity contribution is 0.0729. The molecule has 0 bridgehead atoms. The fourth-order valence-corrected chi connectivity index (χ4v) is 2.96. The minimum absolute atomic E-state index is 0.300. The molecule has 2 N–H and O–H groups in total. The molecule has 0 saturated heterocycles. The van der Waals surface area contributed by atoms with E-state index in [1.165, 1.54) is 13.3 Å². The predicted octanol–water partition coefficient (Wildman–Crippen LogP) is 4.25. The van der Waals surface area contributed by atoms with Gasteiger partial charge in [0.2, 0.25) is 0 Å². The van der Waals surface area contributed by atoms with Crippen LogP contribution in [0.15, 0.2) is 66.0 Å². The van der Waals surface area contributed by atoms with Gasteiger partial charge in [-0.2, -0.15) is 5.10 Å². The van der Waals surface area contributed by atoms with E-state index in [4.69, 9.17) is 21.7 Å². The molecule has 0 unspecified atom stereocenters. The fourth-order valence-electron chi connectivity index (χ4n) is 2.81. The van der Waals surface area contributed by atoms with Gasteiger partial charge in [-0.05, 0) is 73.1 Å². The van der Waals surface area contributed by atoms with Gasteiger partial charge in [-0.15, -0.1) is 0 Å². The minimum atomic E-state index is -0.516. The number of nitrogens with one attached hydrogen (secondary N) is 2. The molecule has 0 spiro atoms. The van der Waals surface area contributed by atoms with Crippen molar-refractivity contribution in [3.05, 3.63) is 83.2 Å². The van der Waals surface area contributed by atoms with Crippen molar-refractivity contribution in [1.82, 2.24) is 10.4 Å². The number of ether oxygens (including phenoxy) is 2. The van der Waals surface area contributed by atoms with Gasteiger partial charge in [0, 0.05) is 18.1 Å². The summed E-state index contributed by atoms with van der Waals surface area (Å²) in [6, 6.07) is 14.4. The van der Waals surface area contributed by atoms with E-state index in [0.29, 0.717) is 22.2 Å². The molecule has 3 aromatic rings. The van der Waals surface area contributed by atoms with Crippen molar-refractivity contribution in [2.45, 2.75) is 13.8 Å². The number of hydrazone groups is 1. The number of methoxy groups -OCH3 is 1. The molecule has 0 atom stereocenters. The first kappa shape index (κ1) is 21.9. The van der Waals surface area contributed by atoms with E-state index >= 15 is 0 Å². The van der Waals surface area contributed by atoms with Crippen LogP contribution in [0.2, 0.25) is 0 Å². The van der Waals surface area contributed by atoms with Crippen LogP contribution in [0.25, 0.3) is 0 Å². The van der Waals surface area contributed by atoms with Gasteiger partial charge in [-0.3, -0.25) is 10.4 Å². The molecule has 7 nitrogen and oxygen atoms in total. The topological polar surface area (TPSA) is 84.8 Å². The highest BCUT2D eigenvalue weighted by Gasteiger charge is 2.13. The molecule has 0 aliphatic rings. The van der Waals surface area contributed by atoms with Crippen molar-refractivity contribution in [3.63, 3.8) is 0 Å². The van der Waals surface area contributed by atoms with E-state index in [1.807, 2.05) is 32.0 Å². The SMILES string of the molecule is COc1cc(/C=N/NC(=S)Nc2c(C)cccc2C)ccc1OC(=O)c1cccnc1. The van der Waals surface area contributed by atoms with Gasteiger partial charge < -0.3 is 14.8 Å². The smallest absolute Gasteiger partial charge is 0.345 e. The lowest BCUT2D eigenvalue weighted by atomic mass is 10.1. The minimum Gasteiger partial charge on any atom is -0.493 e. The zero-order valence-electron chi connectivity index (χ0n) is 17.4. The van der Waals surface area contributed by atoms with Crippen LogP contribution >= 0.6 is 12.2 Å². The first-order chi connectivity index (χ1) is 15.0. The highest BCUT2D eigenvalue weighted by molar-refractivity contribution is 7.80. The molecular weight excluding hydrogens is 412 g/mol. The average Bonchev–Trinajstić information content (AvgIpc) is 2.78. The third-order valence-electron chi connectivity index (χ3n) is 4.39. The van der Waals surface area contributed by atoms with Crippen LogP contribution in [-0.4, -0.2) is 29.4 Å². The second kappa shape index (κ2) is 10.3. The number of para-hydroxylation sites is 1. The quantitative estimate of drug-likeness (QED) is 0.197. The maximum absolute atomic E-state index is 12.2. The monoisotopic (exact) mass is 434 g/mol. The number of rotatable bonds is 6. The Morgan fingerprint density at radius 2 is 1.87 bits per heavy atom. The van der Waals surface area contributed by atoms with E-state index in [1.54, 1.807) is 42.7 Å². The van der Waals surface area contributed by atoms with Crippen LogP contribution in [0.1, 0.15) is 27.0 Å². The lowest BCUT2D eigenvalue weighted by Crippen LogP contribution is -2.24. The summed E-state index contributed by atoms with van der Waals surface area (Å²) in [5.74, 6) is 0.184. The molecule has 0 saturated carbocycles. The molecule has 8 heteroatoms. The van der Waals surface area contributed by atoms with Crippen molar-refractivity contribution in [3.8, 4) is 11.5 Å². The maximum atomic E-state index is 12.2. The van der Waals surface area contributed by atoms with Crippen LogP contribution < -0.4 is 20.2 Å². The molecule has 0 radical (unpaired) electrons. The second-order valence-corrected chi connectivity index (χ2v) is 7.04. The first-order valence-corrected chi connectivity index (χ1v) is 9.85. The normalized spacial score (nSPS) is 10.5. The number of thiocarbonyl (C=S) groups is 1. The van der Waals surface area contributed by atoms with Crippen LogP contribution in [0, 0.1) is 13.8 Å². The van der Waals surface area contributed by atoms with Gasteiger partial charge in [0.15, 0.2) is 16.6 Å². The number of hydrogen-bond acceptors (Lipinski definition) is 6. The molecule has 158 valence electrons. The highest BCUT2D eigenvalue weighted by atomic mass is 32.1. The third-order valence-corrected chi connectivity index (χ3v) is 4.58. The molecule has 0 fully saturated rings. The Balaban J connectivity index is 1.63. The number of esters is 1. The number of pyridine rings is 1. The molecule has 0 aliphatic heterocycles. The standard InChI is InChI=1S/C23H22N4O3S/c1-15-6-4-7-16(2)21(15)26-23(31)27-25-13-17-9-10-19(20(12-17)29-3)30-22(28)18-8-5-11-24-14-18/h4-14H,1-3H3,(H2,26,27,31)/b25-13+. The summed E-state index contributed by atoms with van der Waals surface area (Å²) in [5, 5.41) is 7.69. The number of nitrogens with zero attached hydrogens (tertiary/aromatic N) is 2. The molecule has 0 amide bonds. The van der Waals surface area contributed by atoms with Crippen LogP contribution in [0.4, 0.5) is 5.69 Å². The summed E-state index contributed by atoms with van der Waals surface area (Å²) in [7, 11) is 1.50. The number of carbonyl (C=O) groups excluding carboxylic acids is 1. The van der Waals surface area contributed by atoms with Gasteiger partial charge in [0.25, 0.3) is 0 Å². The van der Waals surface area contributed by atoms with Crippen molar-refractivity contribution in [2.24, 2.45) is 5.10 Å². The van der Waals surface area contributed by atoms with Crippen molar-refractivity contribution in [1.29, 1.82) is 0 Å². The van der Waals surface area contributed by atoms with Gasteiger partial charge in [-0.25, -0.2) is 4.79 Å². The van der Waals surface area contributed by atoms with Crippen LogP contribution in [0.3, 0.4) is 0 Å². The summed E-state index contributed by atoms with van der Waals surface area (Å²) >= 11 is 5.31. The Hall–Kier alpha value is -3.78. The Bertz CT molecular complexity index is 1100. The number of carbonyl (C=O) groups is 1.